The van der Waals surface area contributed by atoms with Crippen molar-refractivity contribution in [2.24, 2.45) is 23.2 Å². The molecule has 37 heavy (non-hydrogen) atoms. The first-order valence-corrected chi connectivity index (χ1v) is 13.7. The lowest BCUT2D eigenvalue weighted by molar-refractivity contribution is -0.145. The van der Waals surface area contributed by atoms with E-state index in [-0.39, 0.29) is 18.4 Å². The van der Waals surface area contributed by atoms with E-state index in [1.165, 1.54) is 31.9 Å². The summed E-state index contributed by atoms with van der Waals surface area (Å²) in [5.74, 6) is 7.39. The number of aliphatic hydroxyl groups excluding tert-OH is 2. The molecule has 0 bridgehead atoms. The topological polar surface area (TPSA) is 96.2 Å². The highest BCUT2D eigenvalue weighted by molar-refractivity contribution is 5.69. The average Bonchev–Trinajstić information content (AvgIpc) is 3.19. The molecule has 0 aromatic rings. The van der Waals surface area contributed by atoms with Gasteiger partial charge in [-0.2, -0.15) is 0 Å². The van der Waals surface area contributed by atoms with Crippen molar-refractivity contribution in [3.05, 3.63) is 35.5 Å². The molecule has 3 saturated carbocycles. The second-order valence-corrected chi connectivity index (χ2v) is 12.0. The van der Waals surface area contributed by atoms with Crippen LogP contribution in [0.2, 0.25) is 0 Å². The van der Waals surface area contributed by atoms with Gasteiger partial charge in [0.2, 0.25) is 0 Å². The molecule has 0 radical (unpaired) electrons. The number of esters is 1. The standard InChI is InChI=1S/C31H46O6/c1-20(9-7-16-30(3,4)35)24-13-14-25-22(10-8-17-31(24,25)5)11-12-23-19-26(32)29(28(34)21(23)2)37-18-15-27(33)36-6/h11-12,20,24-26,28-29,32,34-35H,2,8-10,13-15,17-19H2,1,3-6H3/b22-11+,23-12-/t20-,24-,25?,26-,28-,29+,31-/m1/s1. The number of allylic oxidation sites excluding steroid dienone is 3. The lowest BCUT2D eigenvalue weighted by Gasteiger charge is -2.44. The van der Waals surface area contributed by atoms with Crippen LogP contribution in [0.1, 0.15) is 79.1 Å². The molecular weight excluding hydrogens is 468 g/mol. The van der Waals surface area contributed by atoms with Crippen LogP contribution in [0.3, 0.4) is 0 Å². The van der Waals surface area contributed by atoms with Crippen molar-refractivity contribution in [3.8, 4) is 11.8 Å². The highest BCUT2D eigenvalue weighted by atomic mass is 16.5. The normalized spacial score (nSPS) is 35.1. The van der Waals surface area contributed by atoms with Gasteiger partial charge in [0.1, 0.15) is 17.8 Å². The van der Waals surface area contributed by atoms with Crippen molar-refractivity contribution in [1.82, 2.24) is 0 Å². The van der Waals surface area contributed by atoms with Crippen LogP contribution in [-0.2, 0) is 14.3 Å². The molecule has 0 aliphatic heterocycles. The van der Waals surface area contributed by atoms with Gasteiger partial charge < -0.3 is 24.8 Å². The molecule has 1 unspecified atom stereocenters. The summed E-state index contributed by atoms with van der Waals surface area (Å²) >= 11 is 0. The fraction of sp³-hybridized carbons (Fsp3) is 0.710. The van der Waals surface area contributed by atoms with E-state index in [0.717, 1.165) is 24.8 Å². The second-order valence-electron chi connectivity index (χ2n) is 12.0. The van der Waals surface area contributed by atoms with Gasteiger partial charge in [-0.1, -0.05) is 44.1 Å². The molecule has 6 heteroatoms. The number of carbonyl (C=O) groups is 1. The minimum Gasteiger partial charge on any atom is -0.469 e. The minimum atomic E-state index is -1.02. The zero-order valence-corrected chi connectivity index (χ0v) is 23.3. The third-order valence-electron chi connectivity index (χ3n) is 8.77. The Hall–Kier alpha value is -1.91. The van der Waals surface area contributed by atoms with E-state index >= 15 is 0 Å². The van der Waals surface area contributed by atoms with Gasteiger partial charge in [0.25, 0.3) is 0 Å². The third kappa shape index (κ3) is 7.15. The van der Waals surface area contributed by atoms with Gasteiger partial charge in [-0.05, 0) is 80.3 Å². The van der Waals surface area contributed by atoms with Crippen molar-refractivity contribution in [2.45, 2.75) is 103 Å². The van der Waals surface area contributed by atoms with Gasteiger partial charge in [-0.25, -0.2) is 0 Å². The number of ether oxygens (including phenoxy) is 2. The SMILES string of the molecule is C=C1/C(=C\C=C2/CCC[C@@]3(C)C2CC[C@@H]3[C@H](C)CC#CC(C)(C)O)C[C@@H](O)[C@H](OCCC(=O)OC)[C@@H]1O. The maximum absolute atomic E-state index is 11.3. The zero-order valence-electron chi connectivity index (χ0n) is 23.3. The molecule has 3 N–H and O–H groups in total. The molecule has 3 aliphatic carbocycles. The molecule has 7 atom stereocenters. The van der Waals surface area contributed by atoms with Gasteiger partial charge in [0.15, 0.2) is 0 Å². The van der Waals surface area contributed by atoms with Gasteiger partial charge in [0, 0.05) is 12.8 Å². The molecule has 3 aliphatic rings. The molecule has 206 valence electrons. The maximum atomic E-state index is 11.3. The number of methoxy groups -OCH3 is 1. The minimum absolute atomic E-state index is 0.0689. The van der Waals surface area contributed by atoms with Crippen LogP contribution < -0.4 is 0 Å². The highest BCUT2D eigenvalue weighted by Crippen LogP contribution is 2.59. The molecule has 0 spiro atoms. The Morgan fingerprint density at radius 2 is 2.03 bits per heavy atom. The van der Waals surface area contributed by atoms with Crippen molar-refractivity contribution >= 4 is 5.97 Å². The molecule has 3 fully saturated rings. The van der Waals surface area contributed by atoms with Crippen LogP contribution in [0.25, 0.3) is 0 Å². The van der Waals surface area contributed by atoms with Crippen molar-refractivity contribution < 1.29 is 29.6 Å². The summed E-state index contributed by atoms with van der Waals surface area (Å²) in [5.41, 5.74) is 2.14. The zero-order chi connectivity index (χ0) is 27.4. The summed E-state index contributed by atoms with van der Waals surface area (Å²) < 4.78 is 10.2. The predicted molar refractivity (Wildman–Crippen MR) is 144 cm³/mol. The van der Waals surface area contributed by atoms with Gasteiger partial charge in [-0.15, -0.1) is 5.92 Å². The molecule has 3 rings (SSSR count). The fourth-order valence-corrected chi connectivity index (χ4v) is 6.82. The average molecular weight is 515 g/mol. The van der Waals surface area contributed by atoms with Crippen LogP contribution in [0.15, 0.2) is 35.5 Å². The summed E-state index contributed by atoms with van der Waals surface area (Å²) in [7, 11) is 1.32. The van der Waals surface area contributed by atoms with Crippen LogP contribution in [0.5, 0.6) is 0 Å². The Morgan fingerprint density at radius 3 is 2.70 bits per heavy atom. The lowest BCUT2D eigenvalue weighted by Crippen LogP contribution is -2.45. The number of hydrogen-bond acceptors (Lipinski definition) is 6. The first kappa shape index (κ1) is 29.6. The maximum Gasteiger partial charge on any atom is 0.307 e. The van der Waals surface area contributed by atoms with Crippen LogP contribution in [0.4, 0.5) is 0 Å². The van der Waals surface area contributed by atoms with Crippen LogP contribution in [-0.4, -0.2) is 58.9 Å². The Bertz CT molecular complexity index is 960. The molecule has 0 heterocycles. The first-order valence-electron chi connectivity index (χ1n) is 13.7. The Kier molecular flexibility index (Phi) is 9.85. The first-order chi connectivity index (χ1) is 17.4. The van der Waals surface area contributed by atoms with E-state index in [9.17, 15) is 20.1 Å². The summed E-state index contributed by atoms with van der Waals surface area (Å²) in [6.45, 7) is 12.4. The van der Waals surface area contributed by atoms with Crippen molar-refractivity contribution in [1.29, 1.82) is 0 Å². The molecule has 0 aromatic carbocycles. The number of aliphatic hydroxyl groups is 3. The van der Waals surface area contributed by atoms with E-state index in [2.05, 4.69) is 43.1 Å². The third-order valence-corrected chi connectivity index (χ3v) is 8.77. The van der Waals surface area contributed by atoms with E-state index < -0.39 is 29.9 Å². The van der Waals surface area contributed by atoms with Crippen molar-refractivity contribution in [2.75, 3.05) is 13.7 Å². The number of carbonyl (C=O) groups excluding carboxylic acids is 1. The summed E-state index contributed by atoms with van der Waals surface area (Å²) in [6, 6.07) is 0. The summed E-state index contributed by atoms with van der Waals surface area (Å²) in [4.78, 5) is 11.3. The summed E-state index contributed by atoms with van der Waals surface area (Å²) in [5, 5.41) is 31.3. The van der Waals surface area contributed by atoms with Crippen LogP contribution in [0, 0.1) is 35.0 Å². The monoisotopic (exact) mass is 514 g/mol. The van der Waals surface area contributed by atoms with E-state index in [1.54, 1.807) is 13.8 Å². The molecule has 0 saturated heterocycles. The summed E-state index contributed by atoms with van der Waals surface area (Å²) in [6.07, 6.45) is 8.56. The largest absolute Gasteiger partial charge is 0.469 e. The van der Waals surface area contributed by atoms with E-state index in [0.29, 0.717) is 29.7 Å². The van der Waals surface area contributed by atoms with Gasteiger partial charge in [0.05, 0.1) is 26.2 Å². The van der Waals surface area contributed by atoms with Gasteiger partial charge >= 0.3 is 5.97 Å². The Labute approximate surface area is 222 Å². The molecule has 0 amide bonds. The molecular formula is C31H46O6. The number of hydrogen-bond donors (Lipinski definition) is 3. The molecule has 6 nitrogen and oxygen atoms in total. The second kappa shape index (κ2) is 12.3. The predicted octanol–water partition coefficient (Wildman–Crippen LogP) is 4.49. The van der Waals surface area contributed by atoms with Crippen LogP contribution >= 0.6 is 0 Å². The Morgan fingerprint density at radius 1 is 1.30 bits per heavy atom. The van der Waals surface area contributed by atoms with Crippen molar-refractivity contribution in [3.63, 3.8) is 0 Å². The van der Waals surface area contributed by atoms with E-state index in [1.807, 2.05) is 6.08 Å². The lowest BCUT2D eigenvalue weighted by atomic mass is 9.61. The number of rotatable bonds is 7. The Balaban J connectivity index is 1.68. The van der Waals surface area contributed by atoms with Gasteiger partial charge in [-0.3, -0.25) is 4.79 Å². The number of fused-ring (bicyclic) bond motifs is 1. The highest BCUT2D eigenvalue weighted by Gasteiger charge is 2.50. The smallest absolute Gasteiger partial charge is 0.307 e. The molecule has 0 aromatic heterocycles. The quantitative estimate of drug-likeness (QED) is 0.342. The fourth-order valence-electron chi connectivity index (χ4n) is 6.82. The van der Waals surface area contributed by atoms with E-state index in [4.69, 9.17) is 4.74 Å².